The highest BCUT2D eigenvalue weighted by atomic mass is 16.6. The van der Waals surface area contributed by atoms with Gasteiger partial charge in [0.1, 0.15) is 18.8 Å². The van der Waals surface area contributed by atoms with Gasteiger partial charge in [-0.05, 0) is 47.9 Å². The first-order valence-corrected chi connectivity index (χ1v) is 7.46. The summed E-state index contributed by atoms with van der Waals surface area (Å²) in [5.74, 6) is -0.877. The number of carbonyl (C=O) groups excluding carboxylic acids is 2. The molecule has 25 heavy (non-hydrogen) atoms. The smallest absolute Gasteiger partial charge is 0.313 e. The van der Waals surface area contributed by atoms with Gasteiger partial charge in [-0.3, -0.25) is 24.7 Å². The molecule has 0 atom stereocenters. The summed E-state index contributed by atoms with van der Waals surface area (Å²) in [6, 6.07) is 9.56. The molecule has 0 unspecified atom stereocenters. The monoisotopic (exact) mass is 340 g/mol. The molecule has 0 saturated heterocycles. The minimum absolute atomic E-state index is 0.00652. The molecule has 1 aromatic carbocycles. The Labute approximate surface area is 144 Å². The highest BCUT2D eigenvalue weighted by Gasteiger charge is 2.10. The summed E-state index contributed by atoms with van der Waals surface area (Å²) < 4.78 is 5.14. The number of non-ortho nitro benzene ring substituents is 1. The van der Waals surface area contributed by atoms with E-state index in [1.807, 2.05) is 6.07 Å². The molecule has 128 valence electrons. The van der Waals surface area contributed by atoms with Crippen LogP contribution in [0.3, 0.4) is 0 Å². The van der Waals surface area contributed by atoms with Crippen LogP contribution in [0.4, 0.5) is 5.69 Å². The van der Waals surface area contributed by atoms with Crippen LogP contribution < -0.4 is 0 Å². The Hall–Kier alpha value is -3.35. The van der Waals surface area contributed by atoms with Gasteiger partial charge in [0, 0.05) is 24.5 Å². The van der Waals surface area contributed by atoms with Crippen molar-refractivity contribution in [1.82, 2.24) is 4.98 Å². The number of nitro benzene ring substituents is 1. The first-order chi connectivity index (χ1) is 12.0. The molecule has 7 nitrogen and oxygen atoms in total. The lowest BCUT2D eigenvalue weighted by molar-refractivity contribution is -0.384. The maximum atomic E-state index is 11.6. The third-order valence-corrected chi connectivity index (χ3v) is 3.26. The van der Waals surface area contributed by atoms with Gasteiger partial charge in [0.2, 0.25) is 0 Å². The number of Topliss-reactive ketones (excluding diaryl/α,β-unsaturated/α-hetero) is 1. The fourth-order valence-corrected chi connectivity index (χ4v) is 2.07. The van der Waals surface area contributed by atoms with Crippen molar-refractivity contribution in [3.8, 4) is 0 Å². The predicted octanol–water partition coefficient (Wildman–Crippen LogP) is 3.05. The molecule has 0 aliphatic rings. The van der Waals surface area contributed by atoms with Crippen LogP contribution >= 0.6 is 0 Å². The van der Waals surface area contributed by atoms with E-state index in [4.69, 9.17) is 4.74 Å². The van der Waals surface area contributed by atoms with Crippen molar-refractivity contribution in [2.24, 2.45) is 0 Å². The average molecular weight is 340 g/mol. The van der Waals surface area contributed by atoms with Gasteiger partial charge in [-0.15, -0.1) is 0 Å². The van der Waals surface area contributed by atoms with Crippen LogP contribution in [0.2, 0.25) is 0 Å². The maximum Gasteiger partial charge on any atom is 0.313 e. The molecule has 2 aromatic rings. The van der Waals surface area contributed by atoms with Crippen molar-refractivity contribution in [2.45, 2.75) is 13.3 Å². The Morgan fingerprint density at radius 3 is 2.52 bits per heavy atom. The van der Waals surface area contributed by atoms with E-state index in [9.17, 15) is 19.7 Å². The second-order valence-corrected chi connectivity index (χ2v) is 5.30. The van der Waals surface area contributed by atoms with Gasteiger partial charge < -0.3 is 4.74 Å². The summed E-state index contributed by atoms with van der Waals surface area (Å²) in [5, 5.41) is 10.7. The van der Waals surface area contributed by atoms with Crippen LogP contribution in [0, 0.1) is 10.1 Å². The second kappa shape index (κ2) is 8.49. The number of hydrogen-bond acceptors (Lipinski definition) is 6. The first-order valence-electron chi connectivity index (χ1n) is 7.46. The number of benzene rings is 1. The minimum Gasteiger partial charge on any atom is -0.460 e. The number of esters is 1. The van der Waals surface area contributed by atoms with Gasteiger partial charge in [0.15, 0.2) is 0 Å². The Bertz CT molecular complexity index is 798. The number of hydrogen-bond donors (Lipinski definition) is 0. The van der Waals surface area contributed by atoms with Gasteiger partial charge >= 0.3 is 5.97 Å². The zero-order valence-corrected chi connectivity index (χ0v) is 13.5. The van der Waals surface area contributed by atoms with E-state index in [2.05, 4.69) is 4.98 Å². The van der Waals surface area contributed by atoms with Gasteiger partial charge in [-0.1, -0.05) is 6.07 Å². The third kappa shape index (κ3) is 5.65. The molecule has 1 aromatic heterocycles. The number of nitrogens with zero attached hydrogens (tertiary/aromatic N) is 2. The first kappa shape index (κ1) is 18.0. The fraction of sp³-hybridized carbons (Fsp3) is 0.167. The molecular formula is C18H16N2O5. The van der Waals surface area contributed by atoms with Crippen LogP contribution in [0.1, 0.15) is 24.5 Å². The largest absolute Gasteiger partial charge is 0.460 e. The standard InChI is InChI=1S/C18H16N2O5/c1-13(21)9-18(22)25-12-16(15-3-2-8-19-11-15)10-14-4-6-17(7-5-14)20(23)24/h2-8,10-11H,9,12H2,1H3/b16-10+. The molecule has 0 saturated carbocycles. The lowest BCUT2D eigenvalue weighted by Crippen LogP contribution is -2.10. The van der Waals surface area contributed by atoms with Crippen molar-refractivity contribution in [3.05, 3.63) is 70.0 Å². The van der Waals surface area contributed by atoms with Gasteiger partial charge in [-0.2, -0.15) is 0 Å². The van der Waals surface area contributed by atoms with E-state index in [1.165, 1.54) is 19.1 Å². The maximum absolute atomic E-state index is 11.6. The van der Waals surface area contributed by atoms with Crippen molar-refractivity contribution in [2.75, 3.05) is 6.61 Å². The lowest BCUT2D eigenvalue weighted by Gasteiger charge is -2.09. The Balaban J connectivity index is 2.23. The molecule has 0 spiro atoms. The number of aromatic nitrogens is 1. The van der Waals surface area contributed by atoms with E-state index in [1.54, 1.807) is 36.7 Å². The normalized spacial score (nSPS) is 11.0. The van der Waals surface area contributed by atoms with Gasteiger partial charge in [0.05, 0.1) is 4.92 Å². The van der Waals surface area contributed by atoms with E-state index in [0.29, 0.717) is 11.1 Å². The van der Waals surface area contributed by atoms with Crippen molar-refractivity contribution in [3.63, 3.8) is 0 Å². The van der Waals surface area contributed by atoms with Crippen LogP contribution in [0.25, 0.3) is 11.6 Å². The SMILES string of the molecule is CC(=O)CC(=O)OC/C(=C\c1ccc([N+](=O)[O-])cc1)c1cccnc1. The second-order valence-electron chi connectivity index (χ2n) is 5.30. The minimum atomic E-state index is -0.606. The molecule has 1 heterocycles. The number of ketones is 1. The zero-order chi connectivity index (χ0) is 18.2. The van der Waals surface area contributed by atoms with E-state index >= 15 is 0 Å². The van der Waals surface area contributed by atoms with Crippen molar-refractivity contribution < 1.29 is 19.2 Å². The molecule has 0 amide bonds. The molecular weight excluding hydrogens is 324 g/mol. The Morgan fingerprint density at radius 2 is 1.96 bits per heavy atom. The van der Waals surface area contributed by atoms with Crippen LogP contribution in [-0.4, -0.2) is 28.3 Å². The van der Waals surface area contributed by atoms with Crippen LogP contribution in [0.5, 0.6) is 0 Å². The Kier molecular flexibility index (Phi) is 6.11. The molecule has 0 aliphatic carbocycles. The van der Waals surface area contributed by atoms with Gasteiger partial charge in [-0.25, -0.2) is 0 Å². The summed E-state index contributed by atoms with van der Waals surface area (Å²) in [5.41, 5.74) is 2.12. The quantitative estimate of drug-likeness (QED) is 0.332. The van der Waals surface area contributed by atoms with Crippen LogP contribution in [-0.2, 0) is 14.3 Å². The molecule has 0 aliphatic heterocycles. The predicted molar refractivity (Wildman–Crippen MR) is 91.5 cm³/mol. The molecule has 0 N–H and O–H groups in total. The molecule has 0 radical (unpaired) electrons. The van der Waals surface area contributed by atoms with E-state index < -0.39 is 10.9 Å². The highest BCUT2D eigenvalue weighted by molar-refractivity contribution is 5.94. The zero-order valence-electron chi connectivity index (χ0n) is 13.5. The van der Waals surface area contributed by atoms with Gasteiger partial charge in [0.25, 0.3) is 5.69 Å². The highest BCUT2D eigenvalue weighted by Crippen LogP contribution is 2.20. The lowest BCUT2D eigenvalue weighted by atomic mass is 10.0. The summed E-state index contributed by atoms with van der Waals surface area (Å²) in [6.45, 7) is 1.28. The number of carbonyl (C=O) groups is 2. The molecule has 2 rings (SSSR count). The van der Waals surface area contributed by atoms with E-state index in [0.717, 1.165) is 5.56 Å². The van der Waals surface area contributed by atoms with Crippen molar-refractivity contribution >= 4 is 29.1 Å². The summed E-state index contributed by atoms with van der Waals surface area (Å²) in [7, 11) is 0. The molecule has 0 fully saturated rings. The summed E-state index contributed by atoms with van der Waals surface area (Å²) >= 11 is 0. The molecule has 7 heteroatoms. The third-order valence-electron chi connectivity index (χ3n) is 3.26. The van der Waals surface area contributed by atoms with Crippen LogP contribution in [0.15, 0.2) is 48.8 Å². The number of rotatable bonds is 7. The number of pyridine rings is 1. The topological polar surface area (TPSA) is 99.4 Å². The van der Waals surface area contributed by atoms with Crippen molar-refractivity contribution in [1.29, 1.82) is 0 Å². The summed E-state index contributed by atoms with van der Waals surface area (Å²) in [6.07, 6.45) is 4.71. The number of nitro groups is 1. The Morgan fingerprint density at radius 1 is 1.24 bits per heavy atom. The molecule has 0 bridgehead atoms. The fourth-order valence-electron chi connectivity index (χ4n) is 2.07. The van der Waals surface area contributed by atoms with E-state index in [-0.39, 0.29) is 24.5 Å². The average Bonchev–Trinajstić information content (AvgIpc) is 2.59. The number of ether oxygens (including phenoxy) is 1. The summed E-state index contributed by atoms with van der Waals surface area (Å²) in [4.78, 5) is 36.8.